The van der Waals surface area contributed by atoms with Crippen molar-refractivity contribution in [2.45, 2.75) is 52.7 Å². The van der Waals surface area contributed by atoms with Crippen LogP contribution in [0.25, 0.3) is 0 Å². The molecule has 0 aliphatic carbocycles. The van der Waals surface area contributed by atoms with Crippen LogP contribution in [0.2, 0.25) is 0 Å². The standard InChI is InChI=1S/C20H35N3O3.HI/c1-7-21-20(23-15(4)9-8-14(2)3)22-13-18(24)17-12-16(25-5)10-11-19(17)26-6;/h10-12,14-15,18,24H,7-9,13H2,1-6H3,(H2,21,22,23);1H. The number of hydrogen-bond donors (Lipinski definition) is 3. The predicted octanol–water partition coefficient (Wildman–Crippen LogP) is 3.74. The molecule has 6 nitrogen and oxygen atoms in total. The van der Waals surface area contributed by atoms with Gasteiger partial charge in [-0.3, -0.25) is 4.99 Å². The van der Waals surface area contributed by atoms with Crippen molar-refractivity contribution >= 4 is 29.9 Å². The molecule has 0 aliphatic rings. The first-order valence-electron chi connectivity index (χ1n) is 9.36. The topological polar surface area (TPSA) is 75.1 Å². The predicted molar refractivity (Wildman–Crippen MR) is 123 cm³/mol. The Hall–Kier alpha value is -1.22. The maximum atomic E-state index is 10.6. The molecule has 156 valence electrons. The van der Waals surface area contributed by atoms with E-state index in [9.17, 15) is 5.11 Å². The Kier molecular flexibility index (Phi) is 13.2. The minimum Gasteiger partial charge on any atom is -0.497 e. The van der Waals surface area contributed by atoms with Crippen LogP contribution in [-0.2, 0) is 0 Å². The molecule has 2 atom stereocenters. The van der Waals surface area contributed by atoms with Crippen LogP contribution in [0.3, 0.4) is 0 Å². The van der Waals surface area contributed by atoms with Gasteiger partial charge in [0.05, 0.1) is 20.8 Å². The van der Waals surface area contributed by atoms with Crippen LogP contribution in [0, 0.1) is 5.92 Å². The summed E-state index contributed by atoms with van der Waals surface area (Å²) in [5.74, 6) is 2.69. The van der Waals surface area contributed by atoms with Crippen LogP contribution >= 0.6 is 24.0 Å². The molecule has 0 fully saturated rings. The zero-order valence-electron chi connectivity index (χ0n) is 17.4. The third kappa shape index (κ3) is 9.51. The van der Waals surface area contributed by atoms with Gasteiger partial charge in [0.25, 0.3) is 0 Å². The Labute approximate surface area is 181 Å². The number of benzene rings is 1. The average Bonchev–Trinajstić information content (AvgIpc) is 2.63. The van der Waals surface area contributed by atoms with E-state index >= 15 is 0 Å². The molecule has 0 aliphatic heterocycles. The lowest BCUT2D eigenvalue weighted by Gasteiger charge is -2.19. The normalized spacial score (nSPS) is 13.6. The highest BCUT2D eigenvalue weighted by Crippen LogP contribution is 2.29. The van der Waals surface area contributed by atoms with Gasteiger partial charge < -0.3 is 25.2 Å². The van der Waals surface area contributed by atoms with Gasteiger partial charge in [0, 0.05) is 18.2 Å². The lowest BCUT2D eigenvalue weighted by molar-refractivity contribution is 0.182. The Morgan fingerprint density at radius 3 is 2.41 bits per heavy atom. The molecule has 27 heavy (non-hydrogen) atoms. The maximum Gasteiger partial charge on any atom is 0.191 e. The second-order valence-corrected chi connectivity index (χ2v) is 6.86. The Morgan fingerprint density at radius 2 is 1.85 bits per heavy atom. The van der Waals surface area contributed by atoms with E-state index in [2.05, 4.69) is 36.4 Å². The molecule has 3 N–H and O–H groups in total. The number of hydrogen-bond acceptors (Lipinski definition) is 4. The third-order valence-corrected chi connectivity index (χ3v) is 4.12. The molecule has 0 bridgehead atoms. The highest BCUT2D eigenvalue weighted by atomic mass is 127. The molecule has 1 aromatic rings. The van der Waals surface area contributed by atoms with Crippen LogP contribution in [0.15, 0.2) is 23.2 Å². The van der Waals surface area contributed by atoms with E-state index in [-0.39, 0.29) is 30.5 Å². The maximum absolute atomic E-state index is 10.6. The fraction of sp³-hybridized carbons (Fsp3) is 0.650. The van der Waals surface area contributed by atoms with Gasteiger partial charge in [-0.05, 0) is 50.8 Å². The van der Waals surface area contributed by atoms with Crippen LogP contribution in [0.5, 0.6) is 11.5 Å². The summed E-state index contributed by atoms with van der Waals surface area (Å²) >= 11 is 0. The summed E-state index contributed by atoms with van der Waals surface area (Å²) in [5, 5.41) is 17.2. The summed E-state index contributed by atoms with van der Waals surface area (Å²) in [6, 6.07) is 5.70. The number of aliphatic hydroxyl groups excluding tert-OH is 1. The lowest BCUT2D eigenvalue weighted by atomic mass is 10.0. The summed E-state index contributed by atoms with van der Waals surface area (Å²) in [5.41, 5.74) is 0.666. The summed E-state index contributed by atoms with van der Waals surface area (Å²) in [6.07, 6.45) is 1.47. The number of halogens is 1. The zero-order valence-corrected chi connectivity index (χ0v) is 19.7. The largest absolute Gasteiger partial charge is 0.497 e. The van der Waals surface area contributed by atoms with Crippen molar-refractivity contribution in [3.63, 3.8) is 0 Å². The number of aliphatic imine (C=N–C) groups is 1. The molecule has 7 heteroatoms. The first kappa shape index (κ1) is 25.8. The second kappa shape index (κ2) is 13.9. The summed E-state index contributed by atoms with van der Waals surface area (Å²) in [6.45, 7) is 9.62. The van der Waals surface area contributed by atoms with Crippen molar-refractivity contribution in [3.8, 4) is 11.5 Å². The van der Waals surface area contributed by atoms with Gasteiger partial charge >= 0.3 is 0 Å². The van der Waals surface area contributed by atoms with Crippen molar-refractivity contribution in [1.29, 1.82) is 0 Å². The van der Waals surface area contributed by atoms with E-state index in [4.69, 9.17) is 9.47 Å². The Balaban J connectivity index is 0.00000676. The highest BCUT2D eigenvalue weighted by molar-refractivity contribution is 14.0. The van der Waals surface area contributed by atoms with E-state index in [0.29, 0.717) is 35.0 Å². The zero-order chi connectivity index (χ0) is 19.5. The number of ether oxygens (including phenoxy) is 2. The number of guanidine groups is 1. The van der Waals surface area contributed by atoms with Crippen molar-refractivity contribution in [2.75, 3.05) is 27.3 Å². The van der Waals surface area contributed by atoms with Crippen LogP contribution in [-0.4, -0.2) is 44.4 Å². The van der Waals surface area contributed by atoms with E-state index in [0.717, 1.165) is 19.4 Å². The molecule has 0 saturated carbocycles. The quantitative estimate of drug-likeness (QED) is 0.263. The molecule has 0 radical (unpaired) electrons. The second-order valence-electron chi connectivity index (χ2n) is 6.86. The van der Waals surface area contributed by atoms with Gasteiger partial charge in [-0.15, -0.1) is 24.0 Å². The first-order chi connectivity index (χ1) is 12.4. The molecule has 0 heterocycles. The van der Waals surface area contributed by atoms with Gasteiger partial charge in [-0.2, -0.15) is 0 Å². The average molecular weight is 493 g/mol. The van der Waals surface area contributed by atoms with Crippen molar-refractivity contribution < 1.29 is 14.6 Å². The fourth-order valence-electron chi connectivity index (χ4n) is 2.58. The van der Waals surface area contributed by atoms with Crippen molar-refractivity contribution in [2.24, 2.45) is 10.9 Å². The number of nitrogens with one attached hydrogen (secondary N) is 2. The van der Waals surface area contributed by atoms with Gasteiger partial charge in [-0.1, -0.05) is 13.8 Å². The van der Waals surface area contributed by atoms with Crippen LogP contribution in [0.4, 0.5) is 0 Å². The third-order valence-electron chi connectivity index (χ3n) is 4.12. The van der Waals surface area contributed by atoms with Crippen LogP contribution < -0.4 is 20.1 Å². The Morgan fingerprint density at radius 1 is 1.15 bits per heavy atom. The fourth-order valence-corrected chi connectivity index (χ4v) is 2.58. The van der Waals surface area contributed by atoms with Crippen molar-refractivity contribution in [3.05, 3.63) is 23.8 Å². The van der Waals surface area contributed by atoms with Gasteiger partial charge in [-0.25, -0.2) is 0 Å². The molecule has 2 unspecified atom stereocenters. The molecule has 1 rings (SSSR count). The molecule has 0 spiro atoms. The van der Waals surface area contributed by atoms with Gasteiger partial charge in [0.1, 0.15) is 17.6 Å². The van der Waals surface area contributed by atoms with E-state index in [1.807, 2.05) is 6.92 Å². The summed E-state index contributed by atoms with van der Waals surface area (Å²) in [7, 11) is 3.19. The number of rotatable bonds is 10. The number of nitrogens with zero attached hydrogens (tertiary/aromatic N) is 1. The lowest BCUT2D eigenvalue weighted by Crippen LogP contribution is -2.42. The SMILES string of the molecule is CCNC(=NCC(O)c1cc(OC)ccc1OC)NC(C)CCC(C)C.I. The molecule has 0 saturated heterocycles. The van der Waals surface area contributed by atoms with E-state index in [1.54, 1.807) is 32.4 Å². The minimum atomic E-state index is -0.776. The number of aliphatic hydroxyl groups is 1. The van der Waals surface area contributed by atoms with Gasteiger partial charge in [0.2, 0.25) is 0 Å². The van der Waals surface area contributed by atoms with E-state index in [1.165, 1.54) is 0 Å². The minimum absolute atomic E-state index is 0. The van der Waals surface area contributed by atoms with E-state index < -0.39 is 6.10 Å². The smallest absolute Gasteiger partial charge is 0.191 e. The number of methoxy groups -OCH3 is 2. The Bertz CT molecular complexity index is 567. The van der Waals surface area contributed by atoms with Gasteiger partial charge in [0.15, 0.2) is 5.96 Å². The summed E-state index contributed by atoms with van der Waals surface area (Å²) in [4.78, 5) is 4.54. The highest BCUT2D eigenvalue weighted by Gasteiger charge is 2.15. The summed E-state index contributed by atoms with van der Waals surface area (Å²) < 4.78 is 10.6. The molecular formula is C20H36IN3O3. The van der Waals surface area contributed by atoms with Crippen molar-refractivity contribution in [1.82, 2.24) is 10.6 Å². The monoisotopic (exact) mass is 493 g/mol. The molecular weight excluding hydrogens is 457 g/mol. The molecule has 0 amide bonds. The molecule has 1 aromatic carbocycles. The first-order valence-corrected chi connectivity index (χ1v) is 9.36. The van der Waals surface area contributed by atoms with Crippen LogP contribution in [0.1, 0.15) is 52.2 Å². The molecule has 0 aromatic heterocycles.